The van der Waals surface area contributed by atoms with E-state index in [-0.39, 0.29) is 36.4 Å². The third-order valence-electron chi connectivity index (χ3n) is 6.86. The minimum absolute atomic E-state index is 0.00508. The van der Waals surface area contributed by atoms with Gasteiger partial charge in [-0.2, -0.15) is 17.0 Å². The third-order valence-corrected chi connectivity index (χ3v) is 8.83. The van der Waals surface area contributed by atoms with E-state index in [2.05, 4.69) is 0 Å². The van der Waals surface area contributed by atoms with E-state index in [0.29, 0.717) is 51.9 Å². The highest BCUT2D eigenvalue weighted by atomic mass is 32.2. The molecule has 1 aliphatic carbocycles. The fraction of sp³-hybridized carbons (Fsp3) is 0.900. The molecule has 0 aromatic heterocycles. The van der Waals surface area contributed by atoms with Crippen molar-refractivity contribution >= 4 is 22.0 Å². The van der Waals surface area contributed by atoms with Crippen LogP contribution < -0.4 is 0 Å². The molecule has 3 saturated heterocycles. The lowest BCUT2D eigenvalue weighted by Gasteiger charge is -2.40. The van der Waals surface area contributed by atoms with Crippen LogP contribution in [0.15, 0.2) is 0 Å². The lowest BCUT2D eigenvalue weighted by molar-refractivity contribution is -0.137. The highest BCUT2D eigenvalue weighted by molar-refractivity contribution is 7.86. The van der Waals surface area contributed by atoms with Gasteiger partial charge in [0, 0.05) is 58.3 Å². The molecule has 0 radical (unpaired) electrons. The van der Waals surface area contributed by atoms with Gasteiger partial charge in [-0.15, -0.1) is 0 Å². The number of piperazine rings is 1. The second-order valence-corrected chi connectivity index (χ2v) is 11.1. The zero-order valence-corrected chi connectivity index (χ0v) is 18.8. The van der Waals surface area contributed by atoms with Gasteiger partial charge in [0.1, 0.15) is 0 Å². The van der Waals surface area contributed by atoms with Gasteiger partial charge in [-0.1, -0.05) is 12.8 Å². The predicted molar refractivity (Wildman–Crippen MR) is 111 cm³/mol. The summed E-state index contributed by atoms with van der Waals surface area (Å²) < 4.78 is 34.7. The van der Waals surface area contributed by atoms with Crippen molar-refractivity contribution in [3.63, 3.8) is 0 Å². The van der Waals surface area contributed by atoms with E-state index in [1.165, 1.54) is 8.61 Å². The van der Waals surface area contributed by atoms with Crippen LogP contribution in [-0.4, -0.2) is 103 Å². The van der Waals surface area contributed by atoms with Crippen LogP contribution in [0.1, 0.15) is 46.0 Å². The van der Waals surface area contributed by atoms with Crippen molar-refractivity contribution in [2.24, 2.45) is 5.92 Å². The van der Waals surface area contributed by atoms with Crippen LogP contribution in [0.2, 0.25) is 0 Å². The number of carbonyl (C=O) groups is 2. The molecular formula is C20H34N4O5S. The first kappa shape index (κ1) is 22.0. The molecule has 10 heteroatoms. The van der Waals surface area contributed by atoms with Gasteiger partial charge >= 0.3 is 0 Å². The Morgan fingerprint density at radius 3 is 2.13 bits per heavy atom. The zero-order chi connectivity index (χ0) is 21.5. The van der Waals surface area contributed by atoms with Gasteiger partial charge in [0.25, 0.3) is 10.2 Å². The van der Waals surface area contributed by atoms with E-state index in [0.717, 1.165) is 25.7 Å². The summed E-state index contributed by atoms with van der Waals surface area (Å²) in [5.74, 6) is -0.200. The van der Waals surface area contributed by atoms with E-state index in [4.69, 9.17) is 4.74 Å². The summed E-state index contributed by atoms with van der Waals surface area (Å²) in [4.78, 5) is 29.1. The van der Waals surface area contributed by atoms with Gasteiger partial charge in [-0.3, -0.25) is 9.59 Å². The summed E-state index contributed by atoms with van der Waals surface area (Å²) in [5, 5.41) is 0. The Morgan fingerprint density at radius 2 is 1.53 bits per heavy atom. The SMILES string of the molecule is CC1CN(S(=O)(=O)N2CCN(C(=O)C3CC(=O)N(C4CCCC4)C3)CC2)CC(C)O1. The molecule has 4 fully saturated rings. The highest BCUT2D eigenvalue weighted by Gasteiger charge is 2.42. The first-order valence-electron chi connectivity index (χ1n) is 11.2. The minimum Gasteiger partial charge on any atom is -0.373 e. The maximum Gasteiger partial charge on any atom is 0.282 e. The fourth-order valence-electron chi connectivity index (χ4n) is 5.35. The van der Waals surface area contributed by atoms with Crippen molar-refractivity contribution in [3.05, 3.63) is 0 Å². The standard InChI is InChI=1S/C20H34N4O5S/c1-15-12-23(13-16(2)29-15)30(27,28)22-9-7-21(8-10-22)20(26)17-11-19(25)24(14-17)18-5-3-4-6-18/h15-18H,3-14H2,1-2H3. The molecule has 2 amide bonds. The summed E-state index contributed by atoms with van der Waals surface area (Å²) >= 11 is 0. The largest absolute Gasteiger partial charge is 0.373 e. The number of ether oxygens (including phenoxy) is 1. The van der Waals surface area contributed by atoms with Gasteiger partial charge in [-0.25, -0.2) is 0 Å². The summed E-state index contributed by atoms with van der Waals surface area (Å²) in [6, 6.07) is 0.301. The fourth-order valence-corrected chi connectivity index (χ4v) is 7.09. The van der Waals surface area contributed by atoms with Crippen LogP contribution in [0.4, 0.5) is 0 Å². The summed E-state index contributed by atoms with van der Waals surface area (Å²) in [6.45, 7) is 6.33. The van der Waals surface area contributed by atoms with Crippen LogP contribution in [0.25, 0.3) is 0 Å². The van der Waals surface area contributed by atoms with Gasteiger partial charge in [0.2, 0.25) is 11.8 Å². The molecule has 0 aromatic rings. The molecule has 4 aliphatic rings. The van der Waals surface area contributed by atoms with E-state index in [1.54, 1.807) is 4.90 Å². The molecule has 3 aliphatic heterocycles. The Labute approximate surface area is 179 Å². The molecule has 0 aromatic carbocycles. The first-order valence-corrected chi connectivity index (χ1v) is 12.6. The molecule has 9 nitrogen and oxygen atoms in total. The van der Waals surface area contributed by atoms with Crippen LogP contribution >= 0.6 is 0 Å². The Hall–Kier alpha value is -1.23. The van der Waals surface area contributed by atoms with Crippen molar-refractivity contribution in [1.82, 2.24) is 18.4 Å². The van der Waals surface area contributed by atoms with Gasteiger partial charge in [0.15, 0.2) is 0 Å². The zero-order valence-electron chi connectivity index (χ0n) is 18.0. The maximum absolute atomic E-state index is 13.0. The van der Waals surface area contributed by atoms with E-state index >= 15 is 0 Å². The predicted octanol–water partition coefficient (Wildman–Crippen LogP) is 0.276. The number of hydrogen-bond donors (Lipinski definition) is 0. The molecule has 170 valence electrons. The monoisotopic (exact) mass is 442 g/mol. The first-order chi connectivity index (χ1) is 14.3. The molecule has 0 N–H and O–H groups in total. The van der Waals surface area contributed by atoms with Crippen LogP contribution in [0, 0.1) is 5.92 Å². The van der Waals surface area contributed by atoms with E-state index < -0.39 is 10.2 Å². The maximum atomic E-state index is 13.0. The molecule has 0 spiro atoms. The van der Waals surface area contributed by atoms with Crippen molar-refractivity contribution in [2.45, 2.75) is 64.2 Å². The Balaban J connectivity index is 1.32. The van der Waals surface area contributed by atoms with Crippen LogP contribution in [0.3, 0.4) is 0 Å². The average Bonchev–Trinajstić information content (AvgIpc) is 3.36. The number of likely N-dealkylation sites (tertiary alicyclic amines) is 1. The van der Waals surface area contributed by atoms with Gasteiger partial charge in [0.05, 0.1) is 18.1 Å². The second-order valence-electron chi connectivity index (χ2n) is 9.19. The Kier molecular flexibility index (Phi) is 6.39. The molecule has 3 heterocycles. The second kappa shape index (κ2) is 8.72. The molecule has 3 unspecified atom stereocenters. The number of morpholine rings is 1. The normalized spacial score (nSPS) is 32.9. The van der Waals surface area contributed by atoms with Gasteiger partial charge < -0.3 is 14.5 Å². The number of hydrogen-bond acceptors (Lipinski definition) is 5. The molecule has 0 bridgehead atoms. The Morgan fingerprint density at radius 1 is 0.933 bits per heavy atom. The summed E-state index contributed by atoms with van der Waals surface area (Å²) in [7, 11) is -3.56. The van der Waals surface area contributed by atoms with Crippen molar-refractivity contribution in [1.29, 1.82) is 0 Å². The number of nitrogens with zero attached hydrogens (tertiary/aromatic N) is 4. The van der Waals surface area contributed by atoms with Crippen molar-refractivity contribution in [2.75, 3.05) is 45.8 Å². The van der Waals surface area contributed by atoms with Gasteiger partial charge in [-0.05, 0) is 26.7 Å². The minimum atomic E-state index is -3.56. The average molecular weight is 443 g/mol. The highest BCUT2D eigenvalue weighted by Crippen LogP contribution is 2.30. The topological polar surface area (TPSA) is 90.5 Å². The van der Waals surface area contributed by atoms with Crippen molar-refractivity contribution in [3.8, 4) is 0 Å². The van der Waals surface area contributed by atoms with Crippen molar-refractivity contribution < 1.29 is 22.7 Å². The van der Waals surface area contributed by atoms with Crippen LogP contribution in [-0.2, 0) is 24.5 Å². The Bertz CT molecular complexity index is 751. The quantitative estimate of drug-likeness (QED) is 0.624. The third kappa shape index (κ3) is 4.37. The lowest BCUT2D eigenvalue weighted by Crippen LogP contribution is -2.58. The van der Waals surface area contributed by atoms with E-state index in [1.807, 2.05) is 18.7 Å². The number of amides is 2. The molecule has 1 saturated carbocycles. The summed E-state index contributed by atoms with van der Waals surface area (Å²) in [5.41, 5.74) is 0. The summed E-state index contributed by atoms with van der Waals surface area (Å²) in [6.07, 6.45) is 4.43. The molecular weight excluding hydrogens is 408 g/mol. The molecule has 4 rings (SSSR count). The van der Waals surface area contributed by atoms with E-state index in [9.17, 15) is 18.0 Å². The number of carbonyl (C=O) groups excluding carboxylic acids is 2. The van der Waals surface area contributed by atoms with Crippen LogP contribution in [0.5, 0.6) is 0 Å². The smallest absolute Gasteiger partial charge is 0.282 e. The molecule has 3 atom stereocenters. The number of rotatable bonds is 4. The lowest BCUT2D eigenvalue weighted by atomic mass is 10.1. The molecule has 30 heavy (non-hydrogen) atoms.